The van der Waals surface area contributed by atoms with E-state index >= 15 is 0 Å². The Kier molecular flexibility index (Phi) is 4.95. The predicted molar refractivity (Wildman–Crippen MR) is 99.1 cm³/mol. The van der Waals surface area contributed by atoms with Crippen molar-refractivity contribution in [2.45, 2.75) is 6.92 Å². The molecule has 0 fully saturated rings. The molecule has 0 aliphatic rings. The Morgan fingerprint density at radius 3 is 2.69 bits per heavy atom. The van der Waals surface area contributed by atoms with Gasteiger partial charge in [-0.3, -0.25) is 15.1 Å². The van der Waals surface area contributed by atoms with Crippen LogP contribution < -0.4 is 4.74 Å². The first-order valence-electron chi connectivity index (χ1n) is 7.64. The lowest BCUT2D eigenvalue weighted by molar-refractivity contribution is -0.385. The summed E-state index contributed by atoms with van der Waals surface area (Å²) in [5.74, 6) is -0.892. The lowest BCUT2D eigenvalue weighted by Crippen LogP contribution is -2.11. The van der Waals surface area contributed by atoms with Crippen molar-refractivity contribution < 1.29 is 14.5 Å². The summed E-state index contributed by atoms with van der Waals surface area (Å²) in [5, 5.41) is 12.4. The number of aromatic nitrogens is 1. The number of hydrogen-bond donors (Lipinski definition) is 0. The summed E-state index contributed by atoms with van der Waals surface area (Å²) in [6, 6.07) is 13.3. The van der Waals surface area contributed by atoms with Crippen LogP contribution in [0.25, 0.3) is 17.0 Å². The van der Waals surface area contributed by atoms with Gasteiger partial charge in [0.1, 0.15) is 5.52 Å². The van der Waals surface area contributed by atoms with Gasteiger partial charge in [0.25, 0.3) is 0 Å². The van der Waals surface area contributed by atoms with E-state index in [1.807, 2.05) is 0 Å². The van der Waals surface area contributed by atoms with E-state index in [0.29, 0.717) is 16.0 Å². The number of carbonyl (C=O) groups is 1. The van der Waals surface area contributed by atoms with Gasteiger partial charge in [-0.2, -0.15) is 0 Å². The number of nitro benzene ring substituents is 1. The number of hydrogen-bond acceptors (Lipinski definition) is 5. The van der Waals surface area contributed by atoms with Crippen LogP contribution in [0.15, 0.2) is 60.3 Å². The molecule has 0 radical (unpaired) electrons. The maximum absolute atomic E-state index is 12.5. The van der Waals surface area contributed by atoms with Crippen molar-refractivity contribution in [2.24, 2.45) is 0 Å². The van der Waals surface area contributed by atoms with E-state index in [9.17, 15) is 14.9 Å². The molecule has 0 N–H and O–H groups in total. The summed E-state index contributed by atoms with van der Waals surface area (Å²) in [5.41, 5.74) is 0.824. The lowest BCUT2D eigenvalue weighted by Gasteiger charge is -2.08. The standard InChI is InChI=1S/C19H13ClN2O4/c1-12(11-14-5-2-3-7-15(14)20)19(23)26-18-16(22(24)25)9-8-13-6-4-10-21-17(13)18/h2-11H,1H3/b12-11+. The van der Waals surface area contributed by atoms with Crippen molar-refractivity contribution in [3.8, 4) is 5.75 Å². The molecule has 0 aliphatic heterocycles. The van der Waals surface area contributed by atoms with Gasteiger partial charge in [-0.25, -0.2) is 4.79 Å². The monoisotopic (exact) mass is 368 g/mol. The van der Waals surface area contributed by atoms with Crippen molar-refractivity contribution in [2.75, 3.05) is 0 Å². The molecule has 3 aromatic rings. The highest BCUT2D eigenvalue weighted by Crippen LogP contribution is 2.34. The van der Waals surface area contributed by atoms with Gasteiger partial charge < -0.3 is 4.74 Å². The summed E-state index contributed by atoms with van der Waals surface area (Å²) in [7, 11) is 0. The number of nitrogens with zero attached hydrogens (tertiary/aromatic N) is 2. The molecule has 26 heavy (non-hydrogen) atoms. The summed E-state index contributed by atoms with van der Waals surface area (Å²) in [6.07, 6.45) is 3.05. The number of benzene rings is 2. The minimum Gasteiger partial charge on any atom is -0.413 e. The number of esters is 1. The third-order valence-corrected chi connectivity index (χ3v) is 4.04. The molecule has 1 aromatic heterocycles. The molecule has 0 saturated carbocycles. The smallest absolute Gasteiger partial charge is 0.339 e. The van der Waals surface area contributed by atoms with E-state index in [-0.39, 0.29) is 22.5 Å². The molecule has 1 heterocycles. The second-order valence-corrected chi connectivity index (χ2v) is 5.89. The van der Waals surface area contributed by atoms with Gasteiger partial charge in [0.2, 0.25) is 5.75 Å². The van der Waals surface area contributed by atoms with Crippen molar-refractivity contribution in [3.05, 3.63) is 81.0 Å². The Morgan fingerprint density at radius 2 is 1.96 bits per heavy atom. The first-order chi connectivity index (χ1) is 12.5. The van der Waals surface area contributed by atoms with Gasteiger partial charge in [-0.1, -0.05) is 35.9 Å². The molecule has 0 bridgehead atoms. The first-order valence-corrected chi connectivity index (χ1v) is 8.02. The van der Waals surface area contributed by atoms with Gasteiger partial charge in [-0.05, 0) is 36.8 Å². The van der Waals surface area contributed by atoms with Gasteiger partial charge in [-0.15, -0.1) is 0 Å². The number of rotatable bonds is 4. The van der Waals surface area contributed by atoms with Crippen molar-refractivity contribution in [1.29, 1.82) is 0 Å². The molecule has 130 valence electrons. The molecule has 0 aliphatic carbocycles. The maximum atomic E-state index is 12.5. The zero-order valence-corrected chi connectivity index (χ0v) is 14.4. The number of pyridine rings is 1. The molecule has 0 amide bonds. The van der Waals surface area contributed by atoms with Gasteiger partial charge >= 0.3 is 11.7 Å². The van der Waals surface area contributed by atoms with E-state index < -0.39 is 10.9 Å². The average Bonchev–Trinajstić information content (AvgIpc) is 2.63. The fourth-order valence-electron chi connectivity index (χ4n) is 2.41. The van der Waals surface area contributed by atoms with Crippen LogP contribution in [0.2, 0.25) is 5.02 Å². The number of fused-ring (bicyclic) bond motifs is 1. The summed E-state index contributed by atoms with van der Waals surface area (Å²) < 4.78 is 5.34. The molecular weight excluding hydrogens is 356 g/mol. The van der Waals surface area contributed by atoms with Crippen molar-refractivity contribution in [3.63, 3.8) is 0 Å². The summed E-state index contributed by atoms with van der Waals surface area (Å²) >= 11 is 6.08. The second-order valence-electron chi connectivity index (χ2n) is 5.48. The molecule has 0 unspecified atom stereocenters. The Labute approximate surface area is 153 Å². The third-order valence-electron chi connectivity index (χ3n) is 3.70. The second kappa shape index (κ2) is 7.33. The minimum absolute atomic E-state index is 0.176. The molecule has 3 rings (SSSR count). The lowest BCUT2D eigenvalue weighted by atomic mass is 10.1. The van der Waals surface area contributed by atoms with E-state index in [0.717, 1.165) is 0 Å². The third kappa shape index (κ3) is 3.55. The quantitative estimate of drug-likeness (QED) is 0.217. The number of carbonyl (C=O) groups excluding carboxylic acids is 1. The van der Waals surface area contributed by atoms with Gasteiger partial charge in [0.15, 0.2) is 0 Å². The zero-order chi connectivity index (χ0) is 18.7. The average molecular weight is 369 g/mol. The van der Waals surface area contributed by atoms with Gasteiger partial charge in [0.05, 0.1) is 4.92 Å². The highest BCUT2D eigenvalue weighted by atomic mass is 35.5. The van der Waals surface area contributed by atoms with Crippen LogP contribution >= 0.6 is 11.6 Å². The highest BCUT2D eigenvalue weighted by molar-refractivity contribution is 6.32. The van der Waals surface area contributed by atoms with Crippen LogP contribution in [0, 0.1) is 10.1 Å². The Bertz CT molecular complexity index is 1050. The fourth-order valence-corrected chi connectivity index (χ4v) is 2.60. The Morgan fingerprint density at radius 1 is 1.19 bits per heavy atom. The molecule has 0 spiro atoms. The Balaban J connectivity index is 2.00. The topological polar surface area (TPSA) is 82.3 Å². The van der Waals surface area contributed by atoms with Crippen LogP contribution in [0.3, 0.4) is 0 Å². The van der Waals surface area contributed by atoms with Crippen molar-refractivity contribution in [1.82, 2.24) is 4.98 Å². The molecule has 0 atom stereocenters. The molecule has 7 heteroatoms. The normalized spacial score (nSPS) is 11.4. The van der Waals surface area contributed by atoms with Crippen LogP contribution in [0.4, 0.5) is 5.69 Å². The van der Waals surface area contributed by atoms with Gasteiger partial charge in [0, 0.05) is 28.2 Å². The predicted octanol–water partition coefficient (Wildman–Crippen LogP) is 4.81. The number of nitro groups is 1. The molecule has 2 aromatic carbocycles. The summed E-state index contributed by atoms with van der Waals surface area (Å²) in [6.45, 7) is 1.55. The minimum atomic E-state index is -0.717. The SMILES string of the molecule is C/C(=C\c1ccccc1Cl)C(=O)Oc1c([N+](=O)[O-])ccc2cccnc12. The largest absolute Gasteiger partial charge is 0.413 e. The Hall–Kier alpha value is -3.25. The number of halogens is 1. The molecular formula is C19H13ClN2O4. The number of ether oxygens (including phenoxy) is 1. The van der Waals surface area contributed by atoms with E-state index in [1.165, 1.54) is 12.3 Å². The maximum Gasteiger partial charge on any atom is 0.339 e. The van der Waals surface area contributed by atoms with Crippen LogP contribution in [-0.4, -0.2) is 15.9 Å². The van der Waals surface area contributed by atoms with E-state index in [2.05, 4.69) is 4.98 Å². The fraction of sp³-hybridized carbons (Fsp3) is 0.0526. The van der Waals surface area contributed by atoms with E-state index in [4.69, 9.17) is 16.3 Å². The summed E-state index contributed by atoms with van der Waals surface area (Å²) in [4.78, 5) is 27.3. The highest BCUT2D eigenvalue weighted by Gasteiger charge is 2.22. The van der Waals surface area contributed by atoms with Crippen LogP contribution in [0.1, 0.15) is 12.5 Å². The molecule has 6 nitrogen and oxygen atoms in total. The van der Waals surface area contributed by atoms with E-state index in [1.54, 1.807) is 55.5 Å². The van der Waals surface area contributed by atoms with Crippen LogP contribution in [-0.2, 0) is 4.79 Å². The zero-order valence-electron chi connectivity index (χ0n) is 13.7. The first kappa shape index (κ1) is 17.6. The van der Waals surface area contributed by atoms with Crippen molar-refractivity contribution >= 4 is 40.2 Å². The van der Waals surface area contributed by atoms with Crippen LogP contribution in [0.5, 0.6) is 5.75 Å². The molecule has 0 saturated heterocycles.